The highest BCUT2D eigenvalue weighted by Crippen LogP contribution is 2.44. The fourth-order valence-electron chi connectivity index (χ4n) is 6.51. The summed E-state index contributed by atoms with van der Waals surface area (Å²) in [5.74, 6) is -0.962. The molecule has 49 heavy (non-hydrogen) atoms. The first-order valence-corrected chi connectivity index (χ1v) is 16.4. The van der Waals surface area contributed by atoms with Gasteiger partial charge in [0.15, 0.2) is 0 Å². The molecular formula is C39H38F2N6O2. The zero-order valence-electron chi connectivity index (χ0n) is 28.0. The average Bonchev–Trinajstić information content (AvgIpc) is 3.75. The number of anilines is 1. The molecule has 1 fully saturated rings. The second-order valence-corrected chi connectivity index (χ2v) is 13.5. The van der Waals surface area contributed by atoms with Gasteiger partial charge in [0.25, 0.3) is 0 Å². The van der Waals surface area contributed by atoms with E-state index in [0.717, 1.165) is 67.8 Å². The van der Waals surface area contributed by atoms with Crippen molar-refractivity contribution in [3.05, 3.63) is 114 Å². The van der Waals surface area contributed by atoms with Crippen molar-refractivity contribution in [1.82, 2.24) is 24.6 Å². The lowest BCUT2D eigenvalue weighted by Crippen LogP contribution is -2.50. The van der Waals surface area contributed by atoms with Crippen LogP contribution in [-0.2, 0) is 11.3 Å². The second kappa shape index (κ2) is 12.8. The molecule has 0 saturated carbocycles. The van der Waals surface area contributed by atoms with Gasteiger partial charge in [-0.2, -0.15) is 5.10 Å². The third kappa shape index (κ3) is 6.63. The van der Waals surface area contributed by atoms with Crippen LogP contribution in [0.4, 0.5) is 19.3 Å². The second-order valence-electron chi connectivity index (χ2n) is 13.5. The zero-order chi connectivity index (χ0) is 34.3. The van der Waals surface area contributed by atoms with Crippen molar-refractivity contribution in [2.24, 2.45) is 0 Å². The number of rotatable bonds is 6. The Morgan fingerprint density at radius 3 is 2.49 bits per heavy atom. The number of nitrogens with zero attached hydrogens (tertiary/aromatic N) is 5. The normalized spacial score (nSPS) is 13.7. The Balaban J connectivity index is 1.24. The van der Waals surface area contributed by atoms with Crippen LogP contribution in [0.15, 0.2) is 91.5 Å². The van der Waals surface area contributed by atoms with E-state index in [1.54, 1.807) is 15.8 Å². The molecule has 0 unspecified atom stereocenters. The van der Waals surface area contributed by atoms with Crippen molar-refractivity contribution in [3.8, 4) is 33.4 Å². The number of piperazine rings is 1. The molecule has 4 heterocycles. The third-order valence-corrected chi connectivity index (χ3v) is 8.85. The van der Waals surface area contributed by atoms with Crippen LogP contribution in [0.5, 0.6) is 0 Å². The number of amides is 1. The smallest absolute Gasteiger partial charge is 0.410 e. The summed E-state index contributed by atoms with van der Waals surface area (Å²) in [7, 11) is 0. The van der Waals surface area contributed by atoms with Crippen LogP contribution < -0.4 is 4.90 Å². The van der Waals surface area contributed by atoms with E-state index in [-0.39, 0.29) is 18.2 Å². The van der Waals surface area contributed by atoms with Gasteiger partial charge in [-0.3, -0.25) is 4.68 Å². The Morgan fingerprint density at radius 1 is 0.898 bits per heavy atom. The Kier molecular flexibility index (Phi) is 8.40. The summed E-state index contributed by atoms with van der Waals surface area (Å²) in [6.07, 6.45) is 7.17. The van der Waals surface area contributed by atoms with Gasteiger partial charge in [0.2, 0.25) is 0 Å². The fourth-order valence-corrected chi connectivity index (χ4v) is 6.51. The number of carbonyl (C=O) groups excluding carboxylic acids is 1. The summed E-state index contributed by atoms with van der Waals surface area (Å²) in [6, 6.07) is 20.1. The molecule has 250 valence electrons. The summed E-state index contributed by atoms with van der Waals surface area (Å²) >= 11 is 0. The third-order valence-electron chi connectivity index (χ3n) is 8.85. The van der Waals surface area contributed by atoms with Gasteiger partial charge in [-0.15, -0.1) is 0 Å². The van der Waals surface area contributed by atoms with E-state index >= 15 is 0 Å². The maximum atomic E-state index is 14.5. The number of fused-ring (bicyclic) bond motifs is 1. The fraction of sp³-hybridized carbons (Fsp3) is 0.256. The van der Waals surface area contributed by atoms with Crippen molar-refractivity contribution in [2.75, 3.05) is 31.1 Å². The number of pyridine rings is 1. The van der Waals surface area contributed by atoms with Crippen LogP contribution in [0.25, 0.3) is 44.4 Å². The van der Waals surface area contributed by atoms with E-state index in [4.69, 9.17) is 9.72 Å². The number of carbonyl (C=O) groups is 1. The van der Waals surface area contributed by atoms with E-state index in [9.17, 15) is 13.6 Å². The predicted molar refractivity (Wildman–Crippen MR) is 188 cm³/mol. The summed E-state index contributed by atoms with van der Waals surface area (Å²) in [5, 5.41) is 5.51. The van der Waals surface area contributed by atoms with E-state index in [0.29, 0.717) is 26.2 Å². The molecule has 8 nitrogen and oxygen atoms in total. The molecule has 7 rings (SSSR count). The minimum Gasteiger partial charge on any atom is -0.444 e. The van der Waals surface area contributed by atoms with Crippen molar-refractivity contribution in [2.45, 2.75) is 39.8 Å². The Bertz CT molecular complexity index is 2160. The molecule has 6 aromatic rings. The molecular weight excluding hydrogens is 622 g/mol. The SMILES string of the molecule is Cc1cccc(-c2cnn(Cc3cc(F)ccc3F)c2)c1-c1c(-c2cccc(N3CCN(C(=O)OC(C)(C)C)CC3)c2)cnc2[nH]ccc12. The first kappa shape index (κ1) is 32.1. The predicted octanol–water partition coefficient (Wildman–Crippen LogP) is 8.45. The number of hydrogen-bond donors (Lipinski definition) is 1. The van der Waals surface area contributed by atoms with E-state index in [1.165, 1.54) is 6.07 Å². The van der Waals surface area contributed by atoms with E-state index < -0.39 is 17.2 Å². The molecule has 1 aliphatic heterocycles. The van der Waals surface area contributed by atoms with Gasteiger partial charge >= 0.3 is 6.09 Å². The molecule has 0 radical (unpaired) electrons. The first-order chi connectivity index (χ1) is 23.5. The van der Waals surface area contributed by atoms with Crippen molar-refractivity contribution >= 4 is 22.8 Å². The minimum absolute atomic E-state index is 0.103. The largest absolute Gasteiger partial charge is 0.444 e. The number of ether oxygens (including phenoxy) is 1. The van der Waals surface area contributed by atoms with Gasteiger partial charge in [0, 0.05) is 78.1 Å². The van der Waals surface area contributed by atoms with Crippen LogP contribution in [0.2, 0.25) is 0 Å². The highest BCUT2D eigenvalue weighted by molar-refractivity contribution is 6.05. The van der Waals surface area contributed by atoms with E-state index in [2.05, 4.69) is 58.3 Å². The minimum atomic E-state index is -0.533. The Morgan fingerprint density at radius 2 is 1.69 bits per heavy atom. The molecule has 10 heteroatoms. The topological polar surface area (TPSA) is 79.3 Å². The lowest BCUT2D eigenvalue weighted by Gasteiger charge is -2.37. The Labute approximate surface area is 284 Å². The summed E-state index contributed by atoms with van der Waals surface area (Å²) in [5.41, 5.74) is 8.52. The molecule has 0 bridgehead atoms. The van der Waals surface area contributed by atoms with Gasteiger partial charge < -0.3 is 19.5 Å². The van der Waals surface area contributed by atoms with Crippen molar-refractivity contribution in [1.29, 1.82) is 0 Å². The molecule has 0 atom stereocenters. The van der Waals surface area contributed by atoms with Crippen LogP contribution in [0.1, 0.15) is 31.9 Å². The van der Waals surface area contributed by atoms with E-state index in [1.807, 2.05) is 51.5 Å². The van der Waals surface area contributed by atoms with Gasteiger partial charge in [-0.1, -0.05) is 30.3 Å². The van der Waals surface area contributed by atoms with Crippen LogP contribution in [0.3, 0.4) is 0 Å². The number of benzene rings is 3. The number of aromatic amines is 1. The van der Waals surface area contributed by atoms with Crippen LogP contribution in [0, 0.1) is 18.6 Å². The number of aryl methyl sites for hydroxylation is 1. The number of nitrogens with one attached hydrogen (secondary N) is 1. The van der Waals surface area contributed by atoms with Gasteiger partial charge in [0.1, 0.15) is 22.9 Å². The summed E-state index contributed by atoms with van der Waals surface area (Å²) < 4.78 is 35.6. The molecule has 3 aromatic carbocycles. The van der Waals surface area contributed by atoms with Crippen LogP contribution >= 0.6 is 0 Å². The van der Waals surface area contributed by atoms with Crippen molar-refractivity contribution in [3.63, 3.8) is 0 Å². The lowest BCUT2D eigenvalue weighted by molar-refractivity contribution is 0.0240. The maximum absolute atomic E-state index is 14.5. The molecule has 0 aliphatic carbocycles. The molecule has 1 N–H and O–H groups in total. The van der Waals surface area contributed by atoms with Crippen LogP contribution in [-0.4, -0.2) is 62.5 Å². The molecule has 3 aromatic heterocycles. The van der Waals surface area contributed by atoms with Crippen molar-refractivity contribution < 1.29 is 18.3 Å². The number of hydrogen-bond acceptors (Lipinski definition) is 5. The van der Waals surface area contributed by atoms with Gasteiger partial charge in [-0.25, -0.2) is 18.6 Å². The summed E-state index contributed by atoms with van der Waals surface area (Å²) in [6.45, 7) is 10.4. The van der Waals surface area contributed by atoms with Gasteiger partial charge in [-0.05, 0) is 86.3 Å². The molecule has 1 aliphatic rings. The Hall–Kier alpha value is -5.51. The maximum Gasteiger partial charge on any atom is 0.410 e. The molecule has 1 saturated heterocycles. The molecule has 0 spiro atoms. The average molecular weight is 661 g/mol. The highest BCUT2D eigenvalue weighted by Gasteiger charge is 2.27. The monoisotopic (exact) mass is 660 g/mol. The lowest BCUT2D eigenvalue weighted by atomic mass is 9.86. The quantitative estimate of drug-likeness (QED) is 0.194. The van der Waals surface area contributed by atoms with Gasteiger partial charge in [0.05, 0.1) is 12.7 Å². The number of aromatic nitrogens is 4. The highest BCUT2D eigenvalue weighted by atomic mass is 19.1. The zero-order valence-corrected chi connectivity index (χ0v) is 28.0. The molecule has 1 amide bonds. The first-order valence-electron chi connectivity index (χ1n) is 16.4. The number of H-pyrrole nitrogens is 1. The number of halogens is 2. The summed E-state index contributed by atoms with van der Waals surface area (Å²) in [4.78, 5) is 24.8. The standard InChI is InChI=1S/C39H38F2N6O2/c1-25-7-5-10-31(28-21-44-47(24-28)23-27-19-29(40)11-12-34(27)41)35(25)36-32-13-14-42-37(32)43-22-33(36)26-8-6-9-30(20-26)45-15-17-46(18-16-45)38(48)49-39(2,3)4/h5-14,19-22,24H,15-18,23H2,1-4H3,(H,42,43).